The van der Waals surface area contributed by atoms with E-state index in [1.165, 1.54) is 18.3 Å². The van der Waals surface area contributed by atoms with E-state index in [0.717, 1.165) is 4.88 Å². The number of aryl methyl sites for hydroxylation is 1. The molecule has 0 aliphatic rings. The predicted octanol–water partition coefficient (Wildman–Crippen LogP) is 3.33. The van der Waals surface area contributed by atoms with Gasteiger partial charge in [0.1, 0.15) is 0 Å². The van der Waals surface area contributed by atoms with Crippen molar-refractivity contribution in [1.29, 1.82) is 0 Å². The number of carbonyl (C=O) groups is 2. The van der Waals surface area contributed by atoms with Crippen LogP contribution in [0.2, 0.25) is 0 Å². The largest absolute Gasteiger partial charge is 0.420 e. The second kappa shape index (κ2) is 7.71. The molecule has 7 nitrogen and oxygen atoms in total. The Kier molecular flexibility index (Phi) is 5.20. The fourth-order valence-corrected chi connectivity index (χ4v) is 2.82. The van der Waals surface area contributed by atoms with Crippen molar-refractivity contribution in [2.45, 2.75) is 19.8 Å². The first-order valence-corrected chi connectivity index (χ1v) is 8.52. The quantitative estimate of drug-likeness (QED) is 0.706. The van der Waals surface area contributed by atoms with Crippen LogP contribution in [0.4, 0.5) is 11.4 Å². The van der Waals surface area contributed by atoms with E-state index in [2.05, 4.69) is 20.8 Å². The van der Waals surface area contributed by atoms with Crippen LogP contribution in [-0.4, -0.2) is 22.0 Å². The van der Waals surface area contributed by atoms with Crippen molar-refractivity contribution in [1.82, 2.24) is 10.2 Å². The van der Waals surface area contributed by atoms with E-state index in [0.29, 0.717) is 29.6 Å². The molecule has 3 rings (SSSR count). The number of nitrogens with zero attached hydrogens (tertiary/aromatic N) is 2. The van der Waals surface area contributed by atoms with Crippen molar-refractivity contribution >= 4 is 34.5 Å². The van der Waals surface area contributed by atoms with Crippen LogP contribution in [0.1, 0.15) is 19.2 Å². The Labute approximate surface area is 148 Å². The standard InChI is InChI=1S/C17H16N4O3S/c1-11(22)18-12-4-2-5-13(10-12)19-15(23)7-8-16-20-21-17(24-16)14-6-3-9-25-14/h2-6,9-10H,7-8H2,1H3,(H,18,22)(H,19,23). The number of aromatic nitrogens is 2. The first-order valence-electron chi connectivity index (χ1n) is 7.64. The highest BCUT2D eigenvalue weighted by molar-refractivity contribution is 7.13. The fourth-order valence-electron chi connectivity index (χ4n) is 2.18. The van der Waals surface area contributed by atoms with E-state index >= 15 is 0 Å². The van der Waals surface area contributed by atoms with Crippen molar-refractivity contribution in [3.63, 3.8) is 0 Å². The number of hydrogen-bond acceptors (Lipinski definition) is 6. The Morgan fingerprint density at radius 2 is 1.92 bits per heavy atom. The molecule has 2 N–H and O–H groups in total. The van der Waals surface area contributed by atoms with Crippen molar-refractivity contribution in [3.05, 3.63) is 47.7 Å². The van der Waals surface area contributed by atoms with Crippen LogP contribution in [0.15, 0.2) is 46.2 Å². The zero-order valence-corrected chi connectivity index (χ0v) is 14.3. The molecule has 0 saturated carbocycles. The maximum atomic E-state index is 12.1. The van der Waals surface area contributed by atoms with Crippen LogP contribution in [0, 0.1) is 0 Å². The molecule has 1 aromatic carbocycles. The van der Waals surface area contributed by atoms with E-state index in [1.54, 1.807) is 24.3 Å². The van der Waals surface area contributed by atoms with Crippen molar-refractivity contribution in [2.75, 3.05) is 10.6 Å². The summed E-state index contributed by atoms with van der Waals surface area (Å²) in [5.41, 5.74) is 1.24. The lowest BCUT2D eigenvalue weighted by Crippen LogP contribution is -2.13. The molecule has 0 saturated heterocycles. The summed E-state index contributed by atoms with van der Waals surface area (Å²) in [7, 11) is 0. The van der Waals surface area contributed by atoms with Gasteiger partial charge >= 0.3 is 0 Å². The molecule has 8 heteroatoms. The number of hydrogen-bond donors (Lipinski definition) is 2. The van der Waals surface area contributed by atoms with Gasteiger partial charge in [0, 0.05) is 31.1 Å². The van der Waals surface area contributed by atoms with Crippen molar-refractivity contribution in [2.24, 2.45) is 0 Å². The van der Waals surface area contributed by atoms with Crippen molar-refractivity contribution in [3.8, 4) is 10.8 Å². The number of carbonyl (C=O) groups excluding carboxylic acids is 2. The Hall–Kier alpha value is -3.00. The Morgan fingerprint density at radius 1 is 1.12 bits per heavy atom. The lowest BCUT2D eigenvalue weighted by Gasteiger charge is -2.07. The van der Waals surface area contributed by atoms with E-state index in [-0.39, 0.29) is 18.2 Å². The molecule has 2 aromatic heterocycles. The molecular formula is C17H16N4O3S. The molecule has 25 heavy (non-hydrogen) atoms. The van der Waals surface area contributed by atoms with E-state index in [1.807, 2.05) is 17.5 Å². The minimum absolute atomic E-state index is 0.165. The lowest BCUT2D eigenvalue weighted by molar-refractivity contribution is -0.116. The average Bonchev–Trinajstić information content (AvgIpc) is 3.24. The molecule has 0 aliphatic carbocycles. The smallest absolute Gasteiger partial charge is 0.257 e. The van der Waals surface area contributed by atoms with Crippen LogP contribution in [0.25, 0.3) is 10.8 Å². The maximum absolute atomic E-state index is 12.1. The van der Waals surface area contributed by atoms with Gasteiger partial charge in [0.15, 0.2) is 0 Å². The zero-order chi connectivity index (χ0) is 17.6. The molecule has 0 atom stereocenters. The number of benzene rings is 1. The number of thiophene rings is 1. The molecule has 0 spiro atoms. The Morgan fingerprint density at radius 3 is 2.64 bits per heavy atom. The van der Waals surface area contributed by atoms with Gasteiger partial charge in [-0.2, -0.15) is 0 Å². The van der Waals surface area contributed by atoms with Crippen LogP contribution in [0.3, 0.4) is 0 Å². The predicted molar refractivity (Wildman–Crippen MR) is 95.3 cm³/mol. The summed E-state index contributed by atoms with van der Waals surface area (Å²) < 4.78 is 5.55. The topological polar surface area (TPSA) is 97.1 Å². The summed E-state index contributed by atoms with van der Waals surface area (Å²) >= 11 is 1.52. The van der Waals surface area contributed by atoms with E-state index in [4.69, 9.17) is 4.42 Å². The zero-order valence-electron chi connectivity index (χ0n) is 13.5. The molecule has 0 bridgehead atoms. The minimum atomic E-state index is -0.171. The molecule has 128 valence electrons. The average molecular weight is 356 g/mol. The van der Waals surface area contributed by atoms with Crippen LogP contribution in [-0.2, 0) is 16.0 Å². The maximum Gasteiger partial charge on any atom is 0.257 e. The highest BCUT2D eigenvalue weighted by atomic mass is 32.1. The van der Waals surface area contributed by atoms with Gasteiger partial charge in [-0.25, -0.2) is 0 Å². The summed E-state index contributed by atoms with van der Waals surface area (Å²) in [5, 5.41) is 15.3. The van der Waals surface area contributed by atoms with Gasteiger partial charge in [-0.3, -0.25) is 9.59 Å². The molecular weight excluding hydrogens is 340 g/mol. The van der Waals surface area contributed by atoms with Gasteiger partial charge in [-0.05, 0) is 29.6 Å². The van der Waals surface area contributed by atoms with Crippen LogP contribution in [0.5, 0.6) is 0 Å². The van der Waals surface area contributed by atoms with Crippen LogP contribution >= 0.6 is 11.3 Å². The Bertz CT molecular complexity index is 874. The third-order valence-corrected chi connectivity index (χ3v) is 4.09. The first-order chi connectivity index (χ1) is 12.1. The molecule has 3 aromatic rings. The van der Waals surface area contributed by atoms with Gasteiger partial charge in [-0.15, -0.1) is 21.5 Å². The second-order valence-electron chi connectivity index (χ2n) is 5.29. The monoisotopic (exact) mass is 356 g/mol. The Balaban J connectivity index is 1.54. The summed E-state index contributed by atoms with van der Waals surface area (Å²) in [4.78, 5) is 24.0. The van der Waals surface area contributed by atoms with Gasteiger partial charge in [0.2, 0.25) is 17.7 Å². The van der Waals surface area contributed by atoms with Crippen LogP contribution < -0.4 is 10.6 Å². The molecule has 2 amide bonds. The summed E-state index contributed by atoms with van der Waals surface area (Å²) in [6.45, 7) is 1.43. The fraction of sp³-hybridized carbons (Fsp3) is 0.176. The first kappa shape index (κ1) is 16.8. The van der Waals surface area contributed by atoms with Crippen molar-refractivity contribution < 1.29 is 14.0 Å². The third-order valence-electron chi connectivity index (χ3n) is 3.23. The molecule has 0 aliphatic heterocycles. The second-order valence-corrected chi connectivity index (χ2v) is 6.24. The third kappa shape index (κ3) is 4.74. The summed E-state index contributed by atoms with van der Waals surface area (Å²) in [6.07, 6.45) is 0.575. The van der Waals surface area contributed by atoms with E-state index < -0.39 is 0 Å². The van der Waals surface area contributed by atoms with Gasteiger partial charge in [0.05, 0.1) is 4.88 Å². The lowest BCUT2D eigenvalue weighted by atomic mass is 10.2. The molecule has 0 radical (unpaired) electrons. The molecule has 0 unspecified atom stereocenters. The normalized spacial score (nSPS) is 10.4. The van der Waals surface area contributed by atoms with Gasteiger partial charge in [0.25, 0.3) is 5.89 Å². The highest BCUT2D eigenvalue weighted by Gasteiger charge is 2.11. The van der Waals surface area contributed by atoms with Gasteiger partial charge < -0.3 is 15.1 Å². The summed E-state index contributed by atoms with van der Waals surface area (Å²) in [6, 6.07) is 10.8. The number of nitrogens with one attached hydrogen (secondary N) is 2. The number of rotatable bonds is 6. The van der Waals surface area contributed by atoms with Gasteiger partial charge in [-0.1, -0.05) is 12.1 Å². The number of amides is 2. The highest BCUT2D eigenvalue weighted by Crippen LogP contribution is 2.23. The SMILES string of the molecule is CC(=O)Nc1cccc(NC(=O)CCc2nnc(-c3cccs3)o2)c1. The number of anilines is 2. The summed E-state index contributed by atoms with van der Waals surface area (Å²) in [5.74, 6) is 0.552. The minimum Gasteiger partial charge on any atom is -0.420 e. The molecule has 0 fully saturated rings. The van der Waals surface area contributed by atoms with E-state index in [9.17, 15) is 9.59 Å². The molecule has 2 heterocycles.